The molecule has 2 aromatic rings. The van der Waals surface area contributed by atoms with E-state index in [1.807, 2.05) is 19.1 Å². The number of aryl methyl sites for hydroxylation is 1. The van der Waals surface area contributed by atoms with E-state index in [1.54, 1.807) is 19.2 Å². The number of rotatable bonds is 4. The van der Waals surface area contributed by atoms with Crippen molar-refractivity contribution in [1.82, 2.24) is 5.32 Å². The Morgan fingerprint density at radius 3 is 2.75 bits per heavy atom. The first-order chi connectivity index (χ1) is 9.51. The van der Waals surface area contributed by atoms with Crippen LogP contribution in [0.25, 0.3) is 0 Å². The maximum Gasteiger partial charge on any atom is 0.261 e. The first-order valence-corrected chi connectivity index (χ1v) is 7.58. The predicted octanol–water partition coefficient (Wildman–Crippen LogP) is 3.34. The van der Waals surface area contributed by atoms with Crippen molar-refractivity contribution in [2.45, 2.75) is 13.5 Å². The summed E-state index contributed by atoms with van der Waals surface area (Å²) in [5.74, 6) is 0.552. The van der Waals surface area contributed by atoms with E-state index in [0.717, 1.165) is 14.9 Å². The van der Waals surface area contributed by atoms with Crippen molar-refractivity contribution >= 4 is 38.9 Å². The van der Waals surface area contributed by atoms with E-state index in [0.29, 0.717) is 22.9 Å². The number of carbonyl (C=O) groups excluding carboxylic acids is 1. The van der Waals surface area contributed by atoms with Crippen LogP contribution in [0.15, 0.2) is 28.1 Å². The molecule has 4 nitrogen and oxygen atoms in total. The fourth-order valence-corrected chi connectivity index (χ4v) is 3.19. The lowest BCUT2D eigenvalue weighted by Gasteiger charge is -2.08. The van der Waals surface area contributed by atoms with E-state index in [2.05, 4.69) is 21.2 Å². The highest BCUT2D eigenvalue weighted by molar-refractivity contribution is 9.11. The number of nitrogens with one attached hydrogen (secondary N) is 1. The van der Waals surface area contributed by atoms with Gasteiger partial charge in [0.1, 0.15) is 5.75 Å². The van der Waals surface area contributed by atoms with Gasteiger partial charge in [0, 0.05) is 6.54 Å². The second-order valence-corrected chi connectivity index (χ2v) is 6.70. The Labute approximate surface area is 130 Å². The Morgan fingerprint density at radius 1 is 1.45 bits per heavy atom. The van der Waals surface area contributed by atoms with Crippen molar-refractivity contribution < 1.29 is 9.53 Å². The summed E-state index contributed by atoms with van der Waals surface area (Å²) < 4.78 is 6.08. The van der Waals surface area contributed by atoms with Crippen molar-refractivity contribution in [2.75, 3.05) is 12.8 Å². The van der Waals surface area contributed by atoms with Crippen molar-refractivity contribution in [3.05, 3.63) is 44.1 Å². The van der Waals surface area contributed by atoms with E-state index in [-0.39, 0.29) is 5.91 Å². The zero-order valence-electron chi connectivity index (χ0n) is 11.2. The molecule has 0 saturated carbocycles. The zero-order valence-corrected chi connectivity index (χ0v) is 13.6. The number of nitrogens with two attached hydrogens (primary N) is 1. The fraction of sp³-hybridized carbons (Fsp3) is 0.214. The van der Waals surface area contributed by atoms with E-state index in [9.17, 15) is 4.79 Å². The highest BCUT2D eigenvalue weighted by Crippen LogP contribution is 2.27. The third-order valence-corrected chi connectivity index (χ3v) is 4.96. The van der Waals surface area contributed by atoms with Gasteiger partial charge < -0.3 is 15.8 Å². The number of carbonyl (C=O) groups is 1. The van der Waals surface area contributed by atoms with Gasteiger partial charge in [-0.05, 0) is 52.2 Å². The van der Waals surface area contributed by atoms with E-state index in [4.69, 9.17) is 10.5 Å². The number of halogens is 1. The Balaban J connectivity index is 2.01. The first kappa shape index (κ1) is 14.9. The normalized spacial score (nSPS) is 10.3. The summed E-state index contributed by atoms with van der Waals surface area (Å²) >= 11 is 4.84. The SMILES string of the molecule is COc1ccc(CNC(=O)c2cc(C)c(Br)s2)cc1N. The van der Waals surface area contributed by atoms with E-state index >= 15 is 0 Å². The van der Waals surface area contributed by atoms with Crippen LogP contribution in [0.1, 0.15) is 20.8 Å². The van der Waals surface area contributed by atoms with Crippen molar-refractivity contribution in [1.29, 1.82) is 0 Å². The Hall–Kier alpha value is -1.53. The maximum atomic E-state index is 12.0. The third kappa shape index (κ3) is 3.32. The molecule has 0 radical (unpaired) electrons. The summed E-state index contributed by atoms with van der Waals surface area (Å²) in [7, 11) is 1.57. The van der Waals surface area contributed by atoms with Gasteiger partial charge in [-0.3, -0.25) is 4.79 Å². The van der Waals surface area contributed by atoms with Crippen LogP contribution < -0.4 is 15.8 Å². The van der Waals surface area contributed by atoms with Crippen LogP contribution in [-0.2, 0) is 6.54 Å². The van der Waals surface area contributed by atoms with Gasteiger partial charge in [-0.25, -0.2) is 0 Å². The number of nitrogen functional groups attached to an aromatic ring is 1. The molecule has 6 heteroatoms. The van der Waals surface area contributed by atoms with Crippen LogP contribution in [0, 0.1) is 6.92 Å². The molecule has 0 aliphatic heterocycles. The number of hydrogen-bond acceptors (Lipinski definition) is 4. The molecule has 1 heterocycles. The van der Waals surface area contributed by atoms with Gasteiger partial charge in [0.25, 0.3) is 5.91 Å². The molecule has 106 valence electrons. The Morgan fingerprint density at radius 2 is 2.20 bits per heavy atom. The number of ether oxygens (including phenoxy) is 1. The number of hydrogen-bond donors (Lipinski definition) is 2. The molecule has 1 aromatic carbocycles. The summed E-state index contributed by atoms with van der Waals surface area (Å²) in [6.07, 6.45) is 0. The predicted molar refractivity (Wildman–Crippen MR) is 85.3 cm³/mol. The van der Waals surface area contributed by atoms with Crippen LogP contribution in [0.4, 0.5) is 5.69 Å². The van der Waals surface area contributed by atoms with Gasteiger partial charge in [0.2, 0.25) is 0 Å². The number of benzene rings is 1. The minimum atomic E-state index is -0.0850. The highest BCUT2D eigenvalue weighted by Gasteiger charge is 2.11. The highest BCUT2D eigenvalue weighted by atomic mass is 79.9. The molecule has 0 bridgehead atoms. The molecule has 2 rings (SSSR count). The molecule has 0 spiro atoms. The monoisotopic (exact) mass is 354 g/mol. The minimum absolute atomic E-state index is 0.0850. The standard InChI is InChI=1S/C14H15BrN2O2S/c1-8-5-12(20-13(8)15)14(18)17-7-9-3-4-11(19-2)10(16)6-9/h3-6H,7,16H2,1-2H3,(H,17,18). The topological polar surface area (TPSA) is 64.3 Å². The van der Waals surface area contributed by atoms with Crippen molar-refractivity contribution in [3.63, 3.8) is 0 Å². The van der Waals surface area contributed by atoms with Crippen LogP contribution in [0.5, 0.6) is 5.75 Å². The molecule has 0 saturated heterocycles. The van der Waals surface area contributed by atoms with Crippen LogP contribution in [-0.4, -0.2) is 13.0 Å². The summed E-state index contributed by atoms with van der Waals surface area (Å²) in [6.45, 7) is 2.39. The molecule has 1 amide bonds. The number of methoxy groups -OCH3 is 1. The van der Waals surface area contributed by atoms with Gasteiger partial charge in [-0.15, -0.1) is 11.3 Å². The maximum absolute atomic E-state index is 12.0. The lowest BCUT2D eigenvalue weighted by Crippen LogP contribution is -2.21. The smallest absolute Gasteiger partial charge is 0.261 e. The van der Waals surface area contributed by atoms with E-state index in [1.165, 1.54) is 11.3 Å². The Kier molecular flexibility index (Phi) is 4.67. The summed E-state index contributed by atoms with van der Waals surface area (Å²) in [5.41, 5.74) is 8.39. The lowest BCUT2D eigenvalue weighted by atomic mass is 10.2. The lowest BCUT2D eigenvalue weighted by molar-refractivity contribution is 0.0955. The van der Waals surface area contributed by atoms with Gasteiger partial charge in [-0.2, -0.15) is 0 Å². The van der Waals surface area contributed by atoms with Crippen molar-refractivity contribution in [3.8, 4) is 5.75 Å². The zero-order chi connectivity index (χ0) is 14.7. The largest absolute Gasteiger partial charge is 0.495 e. The van der Waals surface area contributed by atoms with Gasteiger partial charge >= 0.3 is 0 Å². The quantitative estimate of drug-likeness (QED) is 0.827. The van der Waals surface area contributed by atoms with Crippen LogP contribution >= 0.6 is 27.3 Å². The van der Waals surface area contributed by atoms with Crippen LogP contribution in [0.3, 0.4) is 0 Å². The first-order valence-electron chi connectivity index (χ1n) is 5.97. The van der Waals surface area contributed by atoms with Gasteiger partial charge in [0.15, 0.2) is 0 Å². The van der Waals surface area contributed by atoms with Crippen LogP contribution in [0.2, 0.25) is 0 Å². The molecular formula is C14H15BrN2O2S. The van der Waals surface area contributed by atoms with Gasteiger partial charge in [0.05, 0.1) is 21.5 Å². The molecule has 1 aromatic heterocycles. The van der Waals surface area contributed by atoms with Crippen molar-refractivity contribution in [2.24, 2.45) is 0 Å². The number of thiophene rings is 1. The molecule has 0 aliphatic carbocycles. The summed E-state index contributed by atoms with van der Waals surface area (Å²) in [5, 5.41) is 2.87. The molecular weight excluding hydrogens is 340 g/mol. The third-order valence-electron chi connectivity index (χ3n) is 2.83. The molecule has 0 atom stereocenters. The Bertz CT molecular complexity index is 621. The molecule has 20 heavy (non-hydrogen) atoms. The molecule has 0 fully saturated rings. The average molecular weight is 355 g/mol. The second kappa shape index (κ2) is 6.28. The van der Waals surface area contributed by atoms with E-state index < -0.39 is 0 Å². The molecule has 0 aliphatic rings. The summed E-state index contributed by atoms with van der Waals surface area (Å²) in [6, 6.07) is 7.34. The molecule has 0 unspecified atom stereocenters. The summed E-state index contributed by atoms with van der Waals surface area (Å²) in [4.78, 5) is 12.7. The van der Waals surface area contributed by atoms with Gasteiger partial charge in [-0.1, -0.05) is 6.07 Å². The average Bonchev–Trinajstić information content (AvgIpc) is 2.76. The molecule has 3 N–H and O–H groups in total. The fourth-order valence-electron chi connectivity index (χ4n) is 1.74. The second-order valence-electron chi connectivity index (χ2n) is 4.33. The number of anilines is 1. The minimum Gasteiger partial charge on any atom is -0.495 e. The number of amides is 1.